The van der Waals surface area contributed by atoms with Crippen molar-refractivity contribution in [2.45, 2.75) is 43.7 Å². The largest absolute Gasteiger partial charge is 0.497 e. The first-order chi connectivity index (χ1) is 31.6. The molecule has 2 amide bonds. The van der Waals surface area contributed by atoms with Crippen LogP contribution >= 0.6 is 23.4 Å². The summed E-state index contributed by atoms with van der Waals surface area (Å²) in [6, 6.07) is 26.1. The summed E-state index contributed by atoms with van der Waals surface area (Å²) in [6.07, 6.45) is 0.188. The number of fused-ring (bicyclic) bond motifs is 6. The Hall–Kier alpha value is -6.40. The van der Waals surface area contributed by atoms with E-state index in [0.29, 0.717) is 78.5 Å². The Morgan fingerprint density at radius 2 is 1.17 bits per heavy atom. The first kappa shape index (κ1) is 45.2. The number of halogens is 1. The van der Waals surface area contributed by atoms with Gasteiger partial charge in [0.2, 0.25) is 11.8 Å². The highest BCUT2D eigenvalue weighted by Crippen LogP contribution is 2.36. The van der Waals surface area contributed by atoms with Crippen LogP contribution < -0.4 is 20.1 Å². The molecule has 16 nitrogen and oxygen atoms in total. The molecule has 0 fully saturated rings. The van der Waals surface area contributed by atoms with Gasteiger partial charge in [0, 0.05) is 51.5 Å². The van der Waals surface area contributed by atoms with E-state index >= 15 is 0 Å². The highest BCUT2D eigenvalue weighted by Gasteiger charge is 2.32. The number of aliphatic imine (C=N–C) groups is 2. The molecule has 0 spiro atoms. The molecule has 0 aliphatic carbocycles. The van der Waals surface area contributed by atoms with E-state index in [1.165, 1.54) is 0 Å². The van der Waals surface area contributed by atoms with Gasteiger partial charge in [-0.3, -0.25) is 28.7 Å². The molecule has 2 aliphatic rings. The molecule has 0 bridgehead atoms. The van der Waals surface area contributed by atoms with Crippen molar-refractivity contribution in [3.05, 3.63) is 136 Å². The lowest BCUT2D eigenvalue weighted by molar-refractivity contribution is -0.122. The maximum atomic E-state index is 13.3. The molecule has 0 saturated heterocycles. The van der Waals surface area contributed by atoms with Crippen molar-refractivity contribution >= 4 is 46.6 Å². The Balaban J connectivity index is 0.808. The lowest BCUT2D eigenvalue weighted by Crippen LogP contribution is -2.29. The molecule has 6 aromatic rings. The second-order valence-electron chi connectivity index (χ2n) is 15.2. The van der Waals surface area contributed by atoms with Gasteiger partial charge in [-0.15, -0.1) is 32.2 Å². The van der Waals surface area contributed by atoms with Gasteiger partial charge < -0.3 is 29.6 Å². The number of aryl methyl sites for hydroxylation is 2. The maximum Gasteiger partial charge on any atom is 0.222 e. The van der Waals surface area contributed by atoms with Crippen molar-refractivity contribution in [3.8, 4) is 22.9 Å². The Labute approximate surface area is 385 Å². The fourth-order valence-electron chi connectivity index (χ4n) is 7.78. The lowest BCUT2D eigenvalue weighted by atomic mass is 10.00. The standard InChI is InChI=1S/C47H49ClN10O6S/c1-28-53-55-46-38(26-42(59)49-3)51-45(37-25-34(62-5)13-17-41(37)57(28)46)31-8-14-35(15-9-31)65-23-22-64-21-20-63-19-18-50-43(60)27-39-47-56-54-29(2)58(47)40-16-12-33(61-4)24-36(40)44(52-39)30-6-10-32(48)11-7-30/h6-17,24-25,38-39H,18-23,26-27H2,1-5H3,(H,49,59)(H,50,60)/t38-,39-/m0/s1. The summed E-state index contributed by atoms with van der Waals surface area (Å²) in [6.45, 7) is 5.77. The van der Waals surface area contributed by atoms with Gasteiger partial charge in [0.25, 0.3) is 0 Å². The molecule has 4 heterocycles. The Morgan fingerprint density at radius 1 is 0.662 bits per heavy atom. The van der Waals surface area contributed by atoms with Crippen molar-refractivity contribution in [2.75, 3.05) is 60.0 Å². The summed E-state index contributed by atoms with van der Waals surface area (Å²) >= 11 is 7.92. The molecule has 18 heteroatoms. The molecule has 4 aromatic carbocycles. The molecule has 336 valence electrons. The van der Waals surface area contributed by atoms with Crippen molar-refractivity contribution < 1.29 is 28.5 Å². The highest BCUT2D eigenvalue weighted by atomic mass is 35.5. The van der Waals surface area contributed by atoms with E-state index < -0.39 is 12.1 Å². The minimum atomic E-state index is -0.605. The van der Waals surface area contributed by atoms with Crippen LogP contribution in [0.25, 0.3) is 11.4 Å². The number of rotatable bonds is 18. The summed E-state index contributed by atoms with van der Waals surface area (Å²) in [5.74, 6) is 4.35. The van der Waals surface area contributed by atoms with Crippen molar-refractivity contribution in [3.63, 3.8) is 0 Å². The minimum Gasteiger partial charge on any atom is -0.497 e. The average molecular weight is 917 g/mol. The van der Waals surface area contributed by atoms with Crippen LogP contribution in [0.15, 0.2) is 99.8 Å². The summed E-state index contributed by atoms with van der Waals surface area (Å²) in [5, 5.41) is 23.9. The average Bonchev–Trinajstić information content (AvgIpc) is 3.83. The quantitative estimate of drug-likeness (QED) is 0.0721. The minimum absolute atomic E-state index is 0.0612. The van der Waals surface area contributed by atoms with Gasteiger partial charge in [0.1, 0.15) is 35.2 Å². The monoisotopic (exact) mass is 916 g/mol. The zero-order valence-electron chi connectivity index (χ0n) is 36.7. The van der Waals surface area contributed by atoms with Crippen LogP contribution in [0.4, 0.5) is 0 Å². The number of carbonyl (C=O) groups is 2. The van der Waals surface area contributed by atoms with Crippen LogP contribution in [0.5, 0.6) is 11.5 Å². The van der Waals surface area contributed by atoms with Crippen LogP contribution in [-0.2, 0) is 19.1 Å². The van der Waals surface area contributed by atoms with Crippen molar-refractivity contribution in [2.24, 2.45) is 9.98 Å². The molecule has 2 atom stereocenters. The van der Waals surface area contributed by atoms with Gasteiger partial charge in [-0.05, 0) is 74.5 Å². The van der Waals surface area contributed by atoms with Crippen LogP contribution in [0.3, 0.4) is 0 Å². The Morgan fingerprint density at radius 3 is 1.69 bits per heavy atom. The molecular weight excluding hydrogens is 868 g/mol. The number of methoxy groups -OCH3 is 2. The Bertz CT molecular complexity index is 2740. The zero-order valence-corrected chi connectivity index (χ0v) is 38.3. The van der Waals surface area contributed by atoms with E-state index in [1.807, 2.05) is 95.8 Å². The summed E-state index contributed by atoms with van der Waals surface area (Å²) in [5.41, 5.74) is 6.59. The third kappa shape index (κ3) is 10.1. The fraction of sp³-hybridized carbons (Fsp3) is 0.319. The van der Waals surface area contributed by atoms with E-state index in [4.69, 9.17) is 40.5 Å². The summed E-state index contributed by atoms with van der Waals surface area (Å²) in [7, 11) is 4.87. The number of carbonyl (C=O) groups excluding carboxylic acids is 2. The zero-order chi connectivity index (χ0) is 45.5. The molecule has 0 radical (unpaired) electrons. The van der Waals surface area contributed by atoms with Gasteiger partial charge in [-0.1, -0.05) is 35.9 Å². The number of nitrogens with one attached hydrogen (secondary N) is 2. The summed E-state index contributed by atoms with van der Waals surface area (Å²) < 4.78 is 26.7. The first-order valence-corrected chi connectivity index (χ1v) is 22.5. The number of amides is 2. The molecule has 2 N–H and O–H groups in total. The van der Waals surface area contributed by atoms with Gasteiger partial charge >= 0.3 is 0 Å². The fourth-order valence-corrected chi connectivity index (χ4v) is 8.67. The first-order valence-electron chi connectivity index (χ1n) is 21.1. The van der Waals surface area contributed by atoms with Crippen LogP contribution in [0.1, 0.15) is 70.5 Å². The van der Waals surface area contributed by atoms with Crippen LogP contribution in [0.2, 0.25) is 5.02 Å². The van der Waals surface area contributed by atoms with Crippen molar-refractivity contribution in [1.82, 2.24) is 40.2 Å². The van der Waals surface area contributed by atoms with Crippen LogP contribution in [-0.4, -0.2) is 113 Å². The maximum absolute atomic E-state index is 13.3. The number of nitrogens with zero attached hydrogens (tertiary/aromatic N) is 8. The second-order valence-corrected chi connectivity index (χ2v) is 16.8. The van der Waals surface area contributed by atoms with Crippen molar-refractivity contribution in [1.29, 1.82) is 0 Å². The van der Waals surface area contributed by atoms with Gasteiger partial charge in [0.05, 0.1) is 76.3 Å². The molecule has 2 aliphatic heterocycles. The SMILES string of the molecule is CNC(=O)C[C@@H]1N=C(c2ccc(SCCOCCOCCNC(=O)C[C@@H]3N=C(c4ccc(Cl)cc4)c4cc(OC)ccc4-n4c(C)nnc43)cc2)c2cc(OC)ccc2-n2c(C)nnc21. The normalized spacial score (nSPS) is 15.0. The highest BCUT2D eigenvalue weighted by molar-refractivity contribution is 7.99. The molecular formula is C47H49ClN10O6S. The van der Waals surface area contributed by atoms with Gasteiger partial charge in [0.15, 0.2) is 11.6 Å². The number of aromatic nitrogens is 6. The van der Waals surface area contributed by atoms with Crippen LogP contribution in [0, 0.1) is 13.8 Å². The molecule has 2 aromatic heterocycles. The number of hydrogen-bond donors (Lipinski definition) is 2. The second kappa shape index (κ2) is 20.6. The smallest absolute Gasteiger partial charge is 0.222 e. The third-order valence-electron chi connectivity index (χ3n) is 11.0. The lowest BCUT2D eigenvalue weighted by Gasteiger charge is -2.14. The van der Waals surface area contributed by atoms with E-state index in [2.05, 4.69) is 43.2 Å². The molecule has 0 unspecified atom stereocenters. The predicted octanol–water partition coefficient (Wildman–Crippen LogP) is 6.39. The molecule has 0 saturated carbocycles. The van der Waals surface area contributed by atoms with E-state index in [9.17, 15) is 9.59 Å². The van der Waals surface area contributed by atoms with E-state index in [0.717, 1.165) is 50.0 Å². The predicted molar refractivity (Wildman–Crippen MR) is 249 cm³/mol. The molecule has 65 heavy (non-hydrogen) atoms. The number of benzene rings is 4. The van der Waals surface area contributed by atoms with E-state index in [1.54, 1.807) is 33.0 Å². The van der Waals surface area contributed by atoms with Gasteiger partial charge in [-0.25, -0.2) is 0 Å². The summed E-state index contributed by atoms with van der Waals surface area (Å²) in [4.78, 5) is 37.2. The number of hydrogen-bond acceptors (Lipinski definition) is 13. The number of thioether (sulfide) groups is 1. The van der Waals surface area contributed by atoms with Gasteiger partial charge in [-0.2, -0.15) is 0 Å². The Kier molecular flexibility index (Phi) is 14.3. The topological polar surface area (TPSA) is 181 Å². The molecule has 8 rings (SSSR count). The number of ether oxygens (including phenoxy) is 4. The van der Waals surface area contributed by atoms with E-state index in [-0.39, 0.29) is 24.7 Å². The third-order valence-corrected chi connectivity index (χ3v) is 12.2.